The molecule has 394 valence electrons. The minimum atomic E-state index is -1.40. The fraction of sp³-hybridized carbons (Fsp3) is 0.510. The summed E-state index contributed by atoms with van der Waals surface area (Å²) >= 11 is 4.04. The van der Waals surface area contributed by atoms with Crippen LogP contribution in [0.3, 0.4) is 0 Å². The predicted molar refractivity (Wildman–Crippen MR) is 269 cm³/mol. The number of carbonyl (C=O) groups excluding carboxylic acids is 9. The summed E-state index contributed by atoms with van der Waals surface area (Å²) in [5, 5.41) is 25.7. The van der Waals surface area contributed by atoms with Crippen molar-refractivity contribution in [3.63, 3.8) is 0 Å². The number of phenols is 1. The van der Waals surface area contributed by atoms with Crippen LogP contribution in [0, 0.1) is 17.8 Å². The van der Waals surface area contributed by atoms with E-state index in [1.807, 2.05) is 13.8 Å². The standard InChI is InChI=1S/C49H71N11O11S/c1-7-28(6)41(49(70)71-38(24-72)42(52)63)60-46(67)35(19-26(2)3)56-45(66)36(21-29-11-9-8-10-12-29)58-48(69)40(27(4)5)59-47(68)37(22-31-23-53-25-54-31)57-44(65)34(17-18-39(51)62)55-43(64)33(50)20-30-13-15-32(61)16-14-30/h8-16,23,25-28,33-38,40-41,61,72H,7,17-22,24,50H2,1-6H3,(H2,51,62)(H2,52,63)(H,53,54)(H,55,64)(H,56,66)(H,57,65)(H,58,69)(H,59,68)(H,60,67)/t28-,33-,34-,35-,36-,37-,38?,40-,41-/m0/s1. The summed E-state index contributed by atoms with van der Waals surface area (Å²) in [5.41, 5.74) is 18.6. The van der Waals surface area contributed by atoms with E-state index in [9.17, 15) is 48.3 Å². The Kier molecular flexibility index (Phi) is 24.2. The average Bonchev–Trinajstić information content (AvgIpc) is 3.85. The molecule has 1 heterocycles. The monoisotopic (exact) mass is 1020 g/mol. The Balaban J connectivity index is 1.90. The van der Waals surface area contributed by atoms with Gasteiger partial charge in [0.1, 0.15) is 42.0 Å². The fourth-order valence-corrected chi connectivity index (χ4v) is 7.57. The number of aromatic nitrogens is 2. The quantitative estimate of drug-likeness (QED) is 0.0302. The molecule has 8 amide bonds. The maximum Gasteiger partial charge on any atom is 0.329 e. The molecule has 0 saturated carbocycles. The van der Waals surface area contributed by atoms with Crippen LogP contribution in [0.1, 0.15) is 84.0 Å². The first kappa shape index (κ1) is 59.3. The topological polar surface area (TPSA) is 362 Å². The first-order chi connectivity index (χ1) is 34.0. The Labute approximate surface area is 424 Å². The smallest absolute Gasteiger partial charge is 0.329 e. The Morgan fingerprint density at radius 2 is 1.22 bits per heavy atom. The van der Waals surface area contributed by atoms with Gasteiger partial charge in [-0.3, -0.25) is 38.4 Å². The number of hydrogen-bond donors (Lipinski definition) is 12. The van der Waals surface area contributed by atoms with Gasteiger partial charge in [0.2, 0.25) is 41.4 Å². The van der Waals surface area contributed by atoms with E-state index >= 15 is 0 Å². The van der Waals surface area contributed by atoms with Crippen LogP contribution in [0.15, 0.2) is 67.1 Å². The van der Waals surface area contributed by atoms with Crippen molar-refractivity contribution in [3.05, 3.63) is 83.9 Å². The number of esters is 1. The number of nitrogens with two attached hydrogens (primary N) is 3. The Hall–Kier alpha value is -7.01. The molecular weight excluding hydrogens is 951 g/mol. The van der Waals surface area contributed by atoms with Gasteiger partial charge in [-0.05, 0) is 60.3 Å². The van der Waals surface area contributed by atoms with Crippen molar-refractivity contribution in [2.24, 2.45) is 35.0 Å². The number of amides is 8. The molecule has 0 bridgehead atoms. The third-order valence-corrected chi connectivity index (χ3v) is 12.0. The number of aromatic amines is 1. The number of aromatic hydroxyl groups is 1. The molecule has 0 aliphatic rings. The van der Waals surface area contributed by atoms with Gasteiger partial charge in [0.15, 0.2) is 6.10 Å². The molecular formula is C49H71N11O11S. The molecule has 3 rings (SSSR count). The second-order valence-corrected chi connectivity index (χ2v) is 18.8. The fourth-order valence-electron chi connectivity index (χ4n) is 7.32. The lowest BCUT2D eigenvalue weighted by Crippen LogP contribution is -2.61. The number of carbonyl (C=O) groups is 9. The van der Waals surface area contributed by atoms with Gasteiger partial charge in [-0.15, -0.1) is 0 Å². The van der Waals surface area contributed by atoms with Crippen LogP contribution in [0.4, 0.5) is 0 Å². The summed E-state index contributed by atoms with van der Waals surface area (Å²) in [5.74, 6) is -8.71. The van der Waals surface area contributed by atoms with E-state index in [-0.39, 0.29) is 55.9 Å². The van der Waals surface area contributed by atoms with Gasteiger partial charge in [0.05, 0.1) is 12.4 Å². The van der Waals surface area contributed by atoms with Crippen LogP contribution in [0.25, 0.3) is 0 Å². The van der Waals surface area contributed by atoms with E-state index < -0.39 is 113 Å². The van der Waals surface area contributed by atoms with Crippen LogP contribution in [0.2, 0.25) is 0 Å². The summed E-state index contributed by atoms with van der Waals surface area (Å²) in [7, 11) is 0. The molecule has 3 aromatic rings. The van der Waals surface area contributed by atoms with Gasteiger partial charge in [-0.2, -0.15) is 12.6 Å². The van der Waals surface area contributed by atoms with Crippen molar-refractivity contribution in [2.45, 2.75) is 135 Å². The molecule has 0 radical (unpaired) electrons. The lowest BCUT2D eigenvalue weighted by molar-refractivity contribution is -0.157. The van der Waals surface area contributed by atoms with Crippen molar-refractivity contribution < 1.29 is 53.0 Å². The first-order valence-corrected chi connectivity index (χ1v) is 24.4. The number of primary amides is 2. The van der Waals surface area contributed by atoms with Gasteiger partial charge in [0.25, 0.3) is 5.91 Å². The van der Waals surface area contributed by atoms with Crippen LogP contribution in [0.5, 0.6) is 5.75 Å². The average molecular weight is 1020 g/mol. The third kappa shape index (κ3) is 19.6. The Morgan fingerprint density at radius 1 is 0.681 bits per heavy atom. The normalized spacial score (nSPS) is 15.0. The highest BCUT2D eigenvalue weighted by atomic mass is 32.1. The molecule has 0 fully saturated rings. The number of imidazole rings is 1. The number of phenolic OH excluding ortho intramolecular Hbond substituents is 1. The summed E-state index contributed by atoms with van der Waals surface area (Å²) in [4.78, 5) is 128. The number of ether oxygens (including phenoxy) is 1. The van der Waals surface area contributed by atoms with Crippen molar-refractivity contribution in [1.29, 1.82) is 0 Å². The SMILES string of the molecule is CC[C@H](C)[C@H](NC(=O)[C@H](CC(C)C)NC(=O)[C@H](Cc1ccccc1)NC(=O)[C@@H](NC(=O)[C@H](Cc1cnc[nH]1)NC(=O)[C@H](CCC(N)=O)NC(=O)[C@@H](N)Cc1ccc(O)cc1)C(C)C)C(=O)OC(CS)C(N)=O. The molecule has 1 aromatic heterocycles. The number of benzene rings is 2. The van der Waals surface area contributed by atoms with Crippen molar-refractivity contribution in [3.8, 4) is 5.75 Å². The number of hydrogen-bond acceptors (Lipinski definition) is 14. The zero-order chi connectivity index (χ0) is 53.7. The van der Waals surface area contributed by atoms with E-state index in [1.54, 1.807) is 70.2 Å². The molecule has 23 heteroatoms. The lowest BCUT2D eigenvalue weighted by Gasteiger charge is -2.30. The van der Waals surface area contributed by atoms with Crippen molar-refractivity contribution in [2.75, 3.05) is 5.75 Å². The molecule has 0 spiro atoms. The van der Waals surface area contributed by atoms with Crippen LogP contribution < -0.4 is 49.1 Å². The predicted octanol–water partition coefficient (Wildman–Crippen LogP) is -0.280. The molecule has 22 nitrogen and oxygen atoms in total. The highest BCUT2D eigenvalue weighted by Crippen LogP contribution is 2.16. The number of thiol groups is 1. The van der Waals surface area contributed by atoms with E-state index in [4.69, 9.17) is 21.9 Å². The molecule has 2 aromatic carbocycles. The maximum atomic E-state index is 14.4. The van der Waals surface area contributed by atoms with Crippen molar-refractivity contribution in [1.82, 2.24) is 41.9 Å². The maximum absolute atomic E-state index is 14.4. The lowest BCUT2D eigenvalue weighted by atomic mass is 9.97. The van der Waals surface area contributed by atoms with E-state index in [1.165, 1.54) is 24.7 Å². The Morgan fingerprint density at radius 3 is 1.78 bits per heavy atom. The van der Waals surface area contributed by atoms with Gasteiger partial charge >= 0.3 is 5.97 Å². The number of nitrogens with one attached hydrogen (secondary N) is 7. The van der Waals surface area contributed by atoms with E-state index in [0.717, 1.165) is 0 Å². The minimum Gasteiger partial charge on any atom is -0.508 e. The van der Waals surface area contributed by atoms with Gasteiger partial charge in [0, 0.05) is 36.9 Å². The van der Waals surface area contributed by atoms with E-state index in [2.05, 4.69) is 54.5 Å². The summed E-state index contributed by atoms with van der Waals surface area (Å²) in [6, 6.07) is 5.72. The number of rotatable bonds is 30. The van der Waals surface area contributed by atoms with Crippen molar-refractivity contribution >= 4 is 65.9 Å². The van der Waals surface area contributed by atoms with Gasteiger partial charge < -0.3 is 63.9 Å². The molecule has 0 saturated heterocycles. The van der Waals surface area contributed by atoms with Crippen LogP contribution in [-0.2, 0) is 67.2 Å². The molecule has 0 aliphatic heterocycles. The summed E-state index contributed by atoms with van der Waals surface area (Å²) < 4.78 is 5.30. The first-order valence-electron chi connectivity index (χ1n) is 23.8. The van der Waals surface area contributed by atoms with E-state index in [0.29, 0.717) is 23.2 Å². The molecule has 72 heavy (non-hydrogen) atoms. The summed E-state index contributed by atoms with van der Waals surface area (Å²) in [6.07, 6.45) is 1.21. The number of nitrogens with zero attached hydrogens (tertiary/aromatic N) is 1. The van der Waals surface area contributed by atoms with Crippen LogP contribution >= 0.6 is 12.6 Å². The molecule has 1 unspecified atom stereocenters. The van der Waals surface area contributed by atoms with Gasteiger partial charge in [-0.25, -0.2) is 9.78 Å². The minimum absolute atomic E-state index is 0.0156. The second-order valence-electron chi connectivity index (χ2n) is 18.4. The summed E-state index contributed by atoms with van der Waals surface area (Å²) in [6.45, 7) is 10.5. The zero-order valence-corrected chi connectivity index (χ0v) is 42.4. The highest BCUT2D eigenvalue weighted by molar-refractivity contribution is 7.80. The largest absolute Gasteiger partial charge is 0.508 e. The third-order valence-electron chi connectivity index (χ3n) is 11.7. The molecule has 14 N–H and O–H groups in total. The molecule has 0 aliphatic carbocycles. The van der Waals surface area contributed by atoms with Gasteiger partial charge in [-0.1, -0.05) is 90.4 Å². The molecule has 9 atom stereocenters. The van der Waals surface area contributed by atoms with Crippen LogP contribution in [-0.4, -0.2) is 122 Å². The number of H-pyrrole nitrogens is 1. The Bertz CT molecular complexity index is 2280. The zero-order valence-electron chi connectivity index (χ0n) is 41.5. The highest BCUT2D eigenvalue weighted by Gasteiger charge is 2.37. The second kappa shape index (κ2) is 29.4.